The largest absolute Gasteiger partial charge is 0.374 e. The number of halogens is 1. The van der Waals surface area contributed by atoms with Crippen LogP contribution in [0.5, 0.6) is 0 Å². The van der Waals surface area contributed by atoms with Crippen molar-refractivity contribution in [3.63, 3.8) is 0 Å². The van der Waals surface area contributed by atoms with E-state index in [9.17, 15) is 0 Å². The summed E-state index contributed by atoms with van der Waals surface area (Å²) in [4.78, 5) is 0. The Balaban J connectivity index is 2.18. The molecule has 102 valence electrons. The summed E-state index contributed by atoms with van der Waals surface area (Å²) in [6.45, 7) is 7.93. The van der Waals surface area contributed by atoms with Crippen molar-refractivity contribution in [3.8, 4) is 0 Å². The van der Waals surface area contributed by atoms with Crippen LogP contribution < -0.4 is 5.73 Å². The van der Waals surface area contributed by atoms with Crippen molar-refractivity contribution in [3.05, 3.63) is 15.9 Å². The van der Waals surface area contributed by atoms with E-state index in [1.807, 2.05) is 11.6 Å². The Hall–Kier alpha value is -0.390. The lowest BCUT2D eigenvalue weighted by Crippen LogP contribution is -2.46. The van der Waals surface area contributed by atoms with Crippen LogP contribution in [0.3, 0.4) is 0 Å². The van der Waals surface area contributed by atoms with Gasteiger partial charge in [-0.05, 0) is 49.5 Å². The highest BCUT2D eigenvalue weighted by molar-refractivity contribution is 9.10. The SMILES string of the molecule is CCn1nc(C)c(Br)c1CC(N)C1(C)CCCO1. The fourth-order valence-electron chi connectivity index (χ4n) is 2.58. The third-order valence-electron chi connectivity index (χ3n) is 3.90. The number of rotatable bonds is 4. The first-order valence-corrected chi connectivity index (χ1v) is 7.38. The van der Waals surface area contributed by atoms with Gasteiger partial charge in [-0.3, -0.25) is 4.68 Å². The Kier molecular flexibility index (Phi) is 4.14. The van der Waals surface area contributed by atoms with Crippen LogP contribution in [0.4, 0.5) is 0 Å². The molecule has 1 aliphatic heterocycles. The van der Waals surface area contributed by atoms with Gasteiger partial charge in [0.1, 0.15) is 0 Å². The number of hydrogen-bond acceptors (Lipinski definition) is 3. The first-order chi connectivity index (χ1) is 8.48. The average Bonchev–Trinajstić information content (AvgIpc) is 2.89. The topological polar surface area (TPSA) is 53.1 Å². The zero-order valence-corrected chi connectivity index (χ0v) is 13.0. The highest BCUT2D eigenvalue weighted by Gasteiger charge is 2.37. The van der Waals surface area contributed by atoms with Crippen molar-refractivity contribution < 1.29 is 4.74 Å². The molecule has 2 N–H and O–H groups in total. The second kappa shape index (κ2) is 5.31. The average molecular weight is 316 g/mol. The third kappa shape index (κ3) is 2.49. The van der Waals surface area contributed by atoms with Crippen LogP contribution in [0.1, 0.15) is 38.1 Å². The monoisotopic (exact) mass is 315 g/mol. The number of hydrogen-bond donors (Lipinski definition) is 1. The molecule has 18 heavy (non-hydrogen) atoms. The smallest absolute Gasteiger partial charge is 0.0809 e. The van der Waals surface area contributed by atoms with Crippen molar-refractivity contribution in [2.45, 2.75) is 58.2 Å². The van der Waals surface area contributed by atoms with Crippen molar-refractivity contribution >= 4 is 15.9 Å². The summed E-state index contributed by atoms with van der Waals surface area (Å²) in [7, 11) is 0. The van der Waals surface area contributed by atoms with E-state index in [0.717, 1.165) is 42.6 Å². The van der Waals surface area contributed by atoms with E-state index < -0.39 is 0 Å². The minimum atomic E-state index is -0.184. The number of nitrogens with two attached hydrogens (primary N) is 1. The van der Waals surface area contributed by atoms with Crippen molar-refractivity contribution in [1.29, 1.82) is 0 Å². The summed E-state index contributed by atoms with van der Waals surface area (Å²) in [6.07, 6.45) is 2.95. The molecule has 0 radical (unpaired) electrons. The molecule has 0 aliphatic carbocycles. The Bertz CT molecular complexity index is 424. The standard InChI is InChI=1S/C13H22BrN3O/c1-4-17-10(12(14)9(2)16-17)8-11(15)13(3)6-5-7-18-13/h11H,4-8,15H2,1-3H3. The molecule has 4 nitrogen and oxygen atoms in total. The summed E-state index contributed by atoms with van der Waals surface area (Å²) in [5.41, 5.74) is 8.38. The fraction of sp³-hybridized carbons (Fsp3) is 0.769. The zero-order chi connectivity index (χ0) is 13.3. The van der Waals surface area contributed by atoms with Crippen LogP contribution in [-0.2, 0) is 17.7 Å². The van der Waals surface area contributed by atoms with Crippen molar-refractivity contribution in [2.75, 3.05) is 6.61 Å². The van der Waals surface area contributed by atoms with Crippen molar-refractivity contribution in [2.24, 2.45) is 5.73 Å². The summed E-state index contributed by atoms with van der Waals surface area (Å²) < 4.78 is 8.93. The Morgan fingerprint density at radius 1 is 1.61 bits per heavy atom. The molecule has 5 heteroatoms. The van der Waals surface area contributed by atoms with Gasteiger partial charge in [0.2, 0.25) is 0 Å². The maximum atomic E-state index is 6.36. The predicted molar refractivity (Wildman–Crippen MR) is 75.6 cm³/mol. The summed E-state index contributed by atoms with van der Waals surface area (Å²) in [5, 5.41) is 4.50. The normalized spacial score (nSPS) is 25.6. The maximum Gasteiger partial charge on any atom is 0.0809 e. The number of aromatic nitrogens is 2. The van der Waals surface area contributed by atoms with E-state index >= 15 is 0 Å². The first kappa shape index (κ1) is 14.0. The molecular weight excluding hydrogens is 294 g/mol. The third-order valence-corrected chi connectivity index (χ3v) is 4.93. The van der Waals surface area contributed by atoms with Gasteiger partial charge in [0, 0.05) is 25.6 Å². The van der Waals surface area contributed by atoms with E-state index in [-0.39, 0.29) is 11.6 Å². The molecule has 2 atom stereocenters. The van der Waals surface area contributed by atoms with Gasteiger partial charge in [-0.15, -0.1) is 0 Å². The minimum Gasteiger partial charge on any atom is -0.374 e. The van der Waals surface area contributed by atoms with Gasteiger partial charge in [-0.25, -0.2) is 0 Å². The van der Waals surface area contributed by atoms with Gasteiger partial charge >= 0.3 is 0 Å². The highest BCUT2D eigenvalue weighted by Crippen LogP contribution is 2.31. The molecule has 1 aromatic rings. The molecule has 2 unspecified atom stereocenters. The molecule has 1 fully saturated rings. The zero-order valence-electron chi connectivity index (χ0n) is 11.4. The molecule has 0 aromatic carbocycles. The Morgan fingerprint density at radius 2 is 2.33 bits per heavy atom. The van der Waals surface area contributed by atoms with Gasteiger partial charge in [0.25, 0.3) is 0 Å². The Labute approximate surface area is 117 Å². The number of aryl methyl sites for hydroxylation is 2. The lowest BCUT2D eigenvalue weighted by Gasteiger charge is -2.30. The minimum absolute atomic E-state index is 0.0118. The van der Waals surface area contributed by atoms with Crippen LogP contribution in [0.15, 0.2) is 4.47 Å². The first-order valence-electron chi connectivity index (χ1n) is 6.59. The van der Waals surface area contributed by atoms with E-state index in [4.69, 9.17) is 10.5 Å². The quantitative estimate of drug-likeness (QED) is 0.928. The van der Waals surface area contributed by atoms with Crippen molar-refractivity contribution in [1.82, 2.24) is 9.78 Å². The lowest BCUT2D eigenvalue weighted by molar-refractivity contribution is -0.00138. The van der Waals surface area contributed by atoms with Gasteiger partial charge in [0.15, 0.2) is 0 Å². The molecule has 1 aliphatic rings. The van der Waals surface area contributed by atoms with E-state index in [1.54, 1.807) is 0 Å². The summed E-state index contributed by atoms with van der Waals surface area (Å²) in [5.74, 6) is 0. The predicted octanol–water partition coefficient (Wildman–Crippen LogP) is 2.41. The van der Waals surface area contributed by atoms with Crippen LogP contribution in [0.25, 0.3) is 0 Å². The molecule has 2 rings (SSSR count). The Morgan fingerprint density at radius 3 is 2.89 bits per heavy atom. The second-order valence-corrected chi connectivity index (χ2v) is 6.03. The lowest BCUT2D eigenvalue weighted by atomic mass is 9.90. The number of ether oxygens (including phenoxy) is 1. The van der Waals surface area contributed by atoms with Gasteiger partial charge in [-0.2, -0.15) is 5.10 Å². The highest BCUT2D eigenvalue weighted by atomic mass is 79.9. The van der Waals surface area contributed by atoms with Crippen LogP contribution >= 0.6 is 15.9 Å². The van der Waals surface area contributed by atoms with Crippen LogP contribution in [-0.4, -0.2) is 28.0 Å². The van der Waals surface area contributed by atoms with Crippen LogP contribution in [0, 0.1) is 6.92 Å². The second-order valence-electron chi connectivity index (χ2n) is 5.24. The molecule has 0 spiro atoms. The van der Waals surface area contributed by atoms with Gasteiger partial charge in [0.05, 0.1) is 21.5 Å². The van der Waals surface area contributed by atoms with E-state index in [2.05, 4.69) is 34.9 Å². The molecular formula is C13H22BrN3O. The van der Waals surface area contributed by atoms with E-state index in [1.165, 1.54) is 5.69 Å². The van der Waals surface area contributed by atoms with Gasteiger partial charge in [-0.1, -0.05) is 0 Å². The molecule has 1 saturated heterocycles. The maximum absolute atomic E-state index is 6.36. The summed E-state index contributed by atoms with van der Waals surface area (Å²) in [6, 6.07) is 0.0118. The molecule has 1 aromatic heterocycles. The number of nitrogens with zero attached hydrogens (tertiary/aromatic N) is 2. The summed E-state index contributed by atoms with van der Waals surface area (Å²) >= 11 is 3.62. The molecule has 0 bridgehead atoms. The van der Waals surface area contributed by atoms with E-state index in [0.29, 0.717) is 0 Å². The van der Waals surface area contributed by atoms with Gasteiger partial charge < -0.3 is 10.5 Å². The molecule has 0 saturated carbocycles. The van der Waals surface area contributed by atoms with Crippen LogP contribution in [0.2, 0.25) is 0 Å². The molecule has 2 heterocycles. The molecule has 0 amide bonds. The fourth-order valence-corrected chi connectivity index (χ4v) is 3.03.